The molecule has 1 aliphatic rings. The van der Waals surface area contributed by atoms with E-state index in [4.69, 9.17) is 4.74 Å². The second kappa shape index (κ2) is 4.97. The van der Waals surface area contributed by atoms with E-state index in [1.54, 1.807) is 4.68 Å². The Morgan fingerprint density at radius 2 is 2.50 bits per heavy atom. The molecule has 1 aromatic heterocycles. The van der Waals surface area contributed by atoms with Crippen molar-refractivity contribution < 1.29 is 9.84 Å². The predicted octanol–water partition coefficient (Wildman–Crippen LogP) is 1.14. The van der Waals surface area contributed by atoms with Gasteiger partial charge in [-0.3, -0.25) is 4.68 Å². The molecule has 0 saturated carbocycles. The quantitative estimate of drug-likeness (QED) is 0.834. The molecule has 1 saturated heterocycles. The number of aliphatic hydroxyl groups excluding tert-OH is 1. The molecule has 1 fully saturated rings. The molecule has 1 aromatic rings. The van der Waals surface area contributed by atoms with Gasteiger partial charge in [0.2, 0.25) is 0 Å². The third kappa shape index (κ3) is 2.62. The van der Waals surface area contributed by atoms with E-state index in [0.29, 0.717) is 5.92 Å². The van der Waals surface area contributed by atoms with Gasteiger partial charge in [0.05, 0.1) is 18.4 Å². The Morgan fingerprint density at radius 1 is 1.69 bits per heavy atom. The minimum absolute atomic E-state index is 0.198. The summed E-state index contributed by atoms with van der Waals surface area (Å²) in [6.45, 7) is 2.83. The molecule has 0 amide bonds. The minimum Gasteiger partial charge on any atom is -0.393 e. The zero-order valence-corrected chi connectivity index (χ0v) is 9.97. The molecule has 90 valence electrons. The number of aryl methyl sites for hydroxylation is 2. The van der Waals surface area contributed by atoms with E-state index >= 15 is 0 Å². The van der Waals surface area contributed by atoms with E-state index in [1.165, 1.54) is 5.56 Å². The molecular weight excluding hydrogens is 204 g/mol. The third-order valence-electron chi connectivity index (χ3n) is 3.42. The lowest BCUT2D eigenvalue weighted by molar-refractivity contribution is 0.0398. The van der Waals surface area contributed by atoms with Crippen molar-refractivity contribution in [2.24, 2.45) is 13.0 Å². The molecule has 3 unspecified atom stereocenters. The van der Waals surface area contributed by atoms with Crippen LogP contribution in [0.4, 0.5) is 0 Å². The lowest BCUT2D eigenvalue weighted by Crippen LogP contribution is -2.26. The van der Waals surface area contributed by atoms with Crippen LogP contribution in [0.5, 0.6) is 0 Å². The van der Waals surface area contributed by atoms with Crippen LogP contribution in [0.3, 0.4) is 0 Å². The van der Waals surface area contributed by atoms with Gasteiger partial charge in [-0.1, -0.05) is 0 Å². The monoisotopic (exact) mass is 224 g/mol. The lowest BCUT2D eigenvalue weighted by atomic mass is 9.92. The maximum absolute atomic E-state index is 10.1. The Morgan fingerprint density at radius 3 is 3.06 bits per heavy atom. The Hall–Kier alpha value is -0.870. The molecule has 3 atom stereocenters. The van der Waals surface area contributed by atoms with Crippen molar-refractivity contribution in [2.75, 3.05) is 6.61 Å². The smallest absolute Gasteiger partial charge is 0.0600 e. The van der Waals surface area contributed by atoms with E-state index in [0.717, 1.165) is 25.9 Å². The second-order valence-electron chi connectivity index (χ2n) is 4.66. The summed E-state index contributed by atoms with van der Waals surface area (Å²) < 4.78 is 7.26. The van der Waals surface area contributed by atoms with Gasteiger partial charge in [-0.15, -0.1) is 0 Å². The molecule has 0 radical (unpaired) electrons. The Labute approximate surface area is 96.2 Å². The number of ether oxygens (including phenoxy) is 1. The van der Waals surface area contributed by atoms with E-state index in [2.05, 4.69) is 5.10 Å². The zero-order chi connectivity index (χ0) is 11.5. The maximum atomic E-state index is 10.1. The van der Waals surface area contributed by atoms with Gasteiger partial charge in [-0.2, -0.15) is 5.10 Å². The highest BCUT2D eigenvalue weighted by molar-refractivity contribution is 5.04. The van der Waals surface area contributed by atoms with Crippen molar-refractivity contribution in [3.63, 3.8) is 0 Å². The molecule has 0 spiro atoms. The highest BCUT2D eigenvalue weighted by Gasteiger charge is 2.30. The molecule has 0 aliphatic carbocycles. The van der Waals surface area contributed by atoms with E-state index < -0.39 is 0 Å². The van der Waals surface area contributed by atoms with Gasteiger partial charge in [0.25, 0.3) is 0 Å². The summed E-state index contributed by atoms with van der Waals surface area (Å²) in [6, 6.07) is 0. The number of aliphatic hydroxyl groups is 1. The van der Waals surface area contributed by atoms with Gasteiger partial charge < -0.3 is 9.84 Å². The molecular formula is C12H20N2O2. The number of aromatic nitrogens is 2. The first-order chi connectivity index (χ1) is 7.66. The van der Waals surface area contributed by atoms with Crippen molar-refractivity contribution in [3.8, 4) is 0 Å². The van der Waals surface area contributed by atoms with Crippen LogP contribution in [0, 0.1) is 5.92 Å². The van der Waals surface area contributed by atoms with Gasteiger partial charge in [0.1, 0.15) is 0 Å². The molecule has 16 heavy (non-hydrogen) atoms. The highest BCUT2D eigenvalue weighted by Crippen LogP contribution is 2.26. The fourth-order valence-corrected chi connectivity index (χ4v) is 2.38. The van der Waals surface area contributed by atoms with E-state index in [-0.39, 0.29) is 12.2 Å². The average Bonchev–Trinajstić information content (AvgIpc) is 2.84. The van der Waals surface area contributed by atoms with Crippen molar-refractivity contribution in [3.05, 3.63) is 18.0 Å². The molecule has 2 heterocycles. The van der Waals surface area contributed by atoms with Crippen molar-refractivity contribution in [1.82, 2.24) is 9.78 Å². The first kappa shape index (κ1) is 11.6. The van der Waals surface area contributed by atoms with Crippen LogP contribution in [0.25, 0.3) is 0 Å². The maximum Gasteiger partial charge on any atom is 0.0600 e. The van der Waals surface area contributed by atoms with Crippen LogP contribution in [-0.2, 0) is 18.2 Å². The fourth-order valence-electron chi connectivity index (χ4n) is 2.38. The van der Waals surface area contributed by atoms with Crippen LogP contribution in [0.1, 0.15) is 25.3 Å². The first-order valence-corrected chi connectivity index (χ1v) is 5.94. The Kier molecular flexibility index (Phi) is 3.61. The standard InChI is InChI=1S/C12H20N2O2/c1-9-11(5-6-16-9)12(15)4-3-10-7-13-14(2)8-10/h7-9,11-12,15H,3-6H2,1-2H3. The lowest BCUT2D eigenvalue weighted by Gasteiger charge is -2.20. The molecule has 2 rings (SSSR count). The van der Waals surface area contributed by atoms with Gasteiger partial charge in [0, 0.05) is 25.8 Å². The Bertz CT molecular complexity index is 338. The summed E-state index contributed by atoms with van der Waals surface area (Å²) in [5.41, 5.74) is 1.19. The van der Waals surface area contributed by atoms with Crippen LogP contribution in [0.15, 0.2) is 12.4 Å². The number of hydrogen-bond acceptors (Lipinski definition) is 3. The normalized spacial score (nSPS) is 27.2. The van der Waals surface area contributed by atoms with Crippen molar-refractivity contribution >= 4 is 0 Å². The number of nitrogens with zero attached hydrogens (tertiary/aromatic N) is 2. The first-order valence-electron chi connectivity index (χ1n) is 5.94. The average molecular weight is 224 g/mol. The summed E-state index contributed by atoms with van der Waals surface area (Å²) >= 11 is 0. The van der Waals surface area contributed by atoms with Gasteiger partial charge >= 0.3 is 0 Å². The van der Waals surface area contributed by atoms with E-state index in [9.17, 15) is 5.11 Å². The van der Waals surface area contributed by atoms with Crippen LogP contribution in [-0.4, -0.2) is 33.7 Å². The fraction of sp³-hybridized carbons (Fsp3) is 0.750. The molecule has 1 aliphatic heterocycles. The van der Waals surface area contributed by atoms with Crippen molar-refractivity contribution in [1.29, 1.82) is 0 Å². The summed E-state index contributed by atoms with van der Waals surface area (Å²) in [5.74, 6) is 0.302. The molecule has 1 N–H and O–H groups in total. The SMILES string of the molecule is CC1OCCC1C(O)CCc1cnn(C)c1. The van der Waals surface area contributed by atoms with Gasteiger partial charge in [-0.05, 0) is 31.7 Å². The zero-order valence-electron chi connectivity index (χ0n) is 9.97. The van der Waals surface area contributed by atoms with Gasteiger partial charge in [0.15, 0.2) is 0 Å². The van der Waals surface area contributed by atoms with Crippen LogP contribution < -0.4 is 0 Å². The number of hydrogen-bond donors (Lipinski definition) is 1. The summed E-state index contributed by atoms with van der Waals surface area (Å²) in [6.07, 6.45) is 6.47. The molecule has 4 nitrogen and oxygen atoms in total. The topological polar surface area (TPSA) is 47.3 Å². The summed E-state index contributed by atoms with van der Waals surface area (Å²) in [4.78, 5) is 0. The Balaban J connectivity index is 1.81. The van der Waals surface area contributed by atoms with Crippen molar-refractivity contribution in [2.45, 2.75) is 38.4 Å². The third-order valence-corrected chi connectivity index (χ3v) is 3.42. The minimum atomic E-state index is -0.252. The van der Waals surface area contributed by atoms with Crippen LogP contribution >= 0.6 is 0 Å². The number of rotatable bonds is 4. The van der Waals surface area contributed by atoms with Gasteiger partial charge in [-0.25, -0.2) is 0 Å². The van der Waals surface area contributed by atoms with Crippen LogP contribution in [0.2, 0.25) is 0 Å². The van der Waals surface area contributed by atoms with E-state index in [1.807, 2.05) is 26.4 Å². The molecule has 0 bridgehead atoms. The molecule has 0 aromatic carbocycles. The predicted molar refractivity (Wildman–Crippen MR) is 61.1 cm³/mol. The summed E-state index contributed by atoms with van der Waals surface area (Å²) in [7, 11) is 1.91. The largest absolute Gasteiger partial charge is 0.393 e. The molecule has 4 heteroatoms. The second-order valence-corrected chi connectivity index (χ2v) is 4.66. The highest BCUT2D eigenvalue weighted by atomic mass is 16.5. The summed E-state index contributed by atoms with van der Waals surface area (Å²) in [5, 5.41) is 14.2.